The molecule has 136 valence electrons. The van der Waals surface area contributed by atoms with Crippen molar-refractivity contribution in [1.82, 2.24) is 8.87 Å². The van der Waals surface area contributed by atoms with Gasteiger partial charge in [0, 0.05) is 25.8 Å². The molecule has 0 spiro atoms. The number of hydrogen-bond acceptors (Lipinski definition) is 5. The summed E-state index contributed by atoms with van der Waals surface area (Å²) >= 11 is 0. The fourth-order valence-electron chi connectivity index (χ4n) is 2.43. The van der Waals surface area contributed by atoms with Crippen molar-refractivity contribution >= 4 is 32.7 Å². The molecule has 0 atom stereocenters. The number of carbonyl (C=O) groups is 1. The fourth-order valence-corrected chi connectivity index (χ4v) is 3.35. The number of carbonyl (C=O) groups excluding carboxylic acids is 1. The second-order valence-electron chi connectivity index (χ2n) is 5.79. The van der Waals surface area contributed by atoms with Gasteiger partial charge in [0.2, 0.25) is 15.9 Å². The summed E-state index contributed by atoms with van der Waals surface area (Å²) < 4.78 is 31.7. The summed E-state index contributed by atoms with van der Waals surface area (Å²) in [5, 5.41) is 2.68. The molecule has 8 nitrogen and oxygen atoms in total. The molecular formula is C17H17N3O5S. The molecule has 0 aliphatic rings. The van der Waals surface area contributed by atoms with E-state index in [1.54, 1.807) is 24.3 Å². The fraction of sp³-hybridized carbons (Fsp3) is 0.176. The van der Waals surface area contributed by atoms with Crippen molar-refractivity contribution in [3.05, 3.63) is 59.1 Å². The number of aromatic nitrogens is 1. The Morgan fingerprint density at radius 2 is 1.85 bits per heavy atom. The molecule has 3 rings (SSSR count). The third kappa shape index (κ3) is 3.39. The van der Waals surface area contributed by atoms with Gasteiger partial charge in [0.15, 0.2) is 5.58 Å². The topological polar surface area (TPSA) is 102 Å². The SMILES string of the molecule is CN(C)S(=O)(=O)c1ccc2c(c1)oc(=O)n2CC(=O)Nc1ccccc1. The van der Waals surface area contributed by atoms with E-state index >= 15 is 0 Å². The summed E-state index contributed by atoms with van der Waals surface area (Å²) in [6.07, 6.45) is 0. The molecule has 1 amide bonds. The van der Waals surface area contributed by atoms with Crippen LogP contribution in [0.4, 0.5) is 5.69 Å². The lowest BCUT2D eigenvalue weighted by Gasteiger charge is -2.11. The van der Waals surface area contributed by atoms with Gasteiger partial charge in [-0.25, -0.2) is 17.5 Å². The molecule has 2 aromatic carbocycles. The maximum atomic E-state index is 12.2. The number of benzene rings is 2. The molecule has 0 saturated carbocycles. The Bertz CT molecular complexity index is 1110. The Morgan fingerprint density at radius 1 is 1.15 bits per heavy atom. The maximum absolute atomic E-state index is 12.2. The van der Waals surface area contributed by atoms with Crippen molar-refractivity contribution in [3.8, 4) is 0 Å². The van der Waals surface area contributed by atoms with Crippen LogP contribution in [0.3, 0.4) is 0 Å². The van der Waals surface area contributed by atoms with Crippen LogP contribution in [0.15, 0.2) is 62.6 Å². The van der Waals surface area contributed by atoms with Gasteiger partial charge in [0.05, 0.1) is 10.4 Å². The molecule has 26 heavy (non-hydrogen) atoms. The highest BCUT2D eigenvalue weighted by molar-refractivity contribution is 7.89. The Morgan fingerprint density at radius 3 is 2.50 bits per heavy atom. The Labute approximate surface area is 149 Å². The lowest BCUT2D eigenvalue weighted by atomic mass is 10.3. The van der Waals surface area contributed by atoms with E-state index in [-0.39, 0.29) is 17.0 Å². The zero-order chi connectivity index (χ0) is 18.9. The minimum absolute atomic E-state index is 0.00429. The summed E-state index contributed by atoms with van der Waals surface area (Å²) in [6, 6.07) is 12.9. The Hall–Kier alpha value is -2.91. The van der Waals surface area contributed by atoms with Crippen LogP contribution in [0.2, 0.25) is 0 Å². The number of anilines is 1. The summed E-state index contributed by atoms with van der Waals surface area (Å²) in [7, 11) is -0.830. The standard InChI is InChI=1S/C17H17N3O5S/c1-19(2)26(23,24)13-8-9-14-15(10-13)25-17(22)20(14)11-16(21)18-12-6-4-3-5-7-12/h3-10H,11H2,1-2H3,(H,18,21). The molecule has 0 radical (unpaired) electrons. The number of oxazole rings is 1. The number of sulfonamides is 1. The predicted molar refractivity (Wildman–Crippen MR) is 96.4 cm³/mol. The number of nitrogens with one attached hydrogen (secondary N) is 1. The molecule has 3 aromatic rings. The first-order valence-electron chi connectivity index (χ1n) is 7.70. The quantitative estimate of drug-likeness (QED) is 0.728. The van der Waals surface area contributed by atoms with Gasteiger partial charge >= 0.3 is 5.76 Å². The number of nitrogens with zero attached hydrogens (tertiary/aromatic N) is 2. The van der Waals surface area contributed by atoms with E-state index in [4.69, 9.17) is 4.42 Å². The normalized spacial score (nSPS) is 11.8. The summed E-state index contributed by atoms with van der Waals surface area (Å²) in [5.74, 6) is -1.13. The molecule has 0 fully saturated rings. The monoisotopic (exact) mass is 375 g/mol. The summed E-state index contributed by atoms with van der Waals surface area (Å²) in [6.45, 7) is -0.249. The van der Waals surface area contributed by atoms with Crippen molar-refractivity contribution < 1.29 is 17.6 Å². The van der Waals surface area contributed by atoms with Gasteiger partial charge in [-0.3, -0.25) is 9.36 Å². The number of amides is 1. The van der Waals surface area contributed by atoms with Gasteiger partial charge in [-0.15, -0.1) is 0 Å². The molecule has 0 saturated heterocycles. The van der Waals surface area contributed by atoms with Crippen LogP contribution in [0.1, 0.15) is 0 Å². The smallest absolute Gasteiger partial charge is 0.408 e. The van der Waals surface area contributed by atoms with Crippen LogP contribution in [0, 0.1) is 0 Å². The van der Waals surface area contributed by atoms with Gasteiger partial charge in [-0.2, -0.15) is 0 Å². The van der Waals surface area contributed by atoms with Gasteiger partial charge in [0.25, 0.3) is 0 Å². The van der Waals surface area contributed by atoms with Crippen molar-refractivity contribution in [2.45, 2.75) is 11.4 Å². The third-order valence-corrected chi connectivity index (χ3v) is 5.59. The van der Waals surface area contributed by atoms with E-state index < -0.39 is 21.7 Å². The highest BCUT2D eigenvalue weighted by Gasteiger charge is 2.20. The van der Waals surface area contributed by atoms with Gasteiger partial charge < -0.3 is 9.73 Å². The number of para-hydroxylation sites is 1. The average molecular weight is 375 g/mol. The minimum atomic E-state index is -3.65. The van der Waals surface area contributed by atoms with E-state index in [1.165, 1.54) is 32.3 Å². The van der Waals surface area contributed by atoms with E-state index in [0.29, 0.717) is 11.2 Å². The molecule has 9 heteroatoms. The van der Waals surface area contributed by atoms with Crippen molar-refractivity contribution in [2.75, 3.05) is 19.4 Å². The second-order valence-corrected chi connectivity index (χ2v) is 7.94. The zero-order valence-corrected chi connectivity index (χ0v) is 15.0. The van der Waals surface area contributed by atoms with Crippen LogP contribution >= 0.6 is 0 Å². The molecular weight excluding hydrogens is 358 g/mol. The van der Waals surface area contributed by atoms with Crippen LogP contribution in [0.5, 0.6) is 0 Å². The zero-order valence-electron chi connectivity index (χ0n) is 14.2. The van der Waals surface area contributed by atoms with Crippen LogP contribution in [-0.4, -0.2) is 37.3 Å². The second kappa shape index (κ2) is 6.77. The molecule has 1 heterocycles. The first-order chi connectivity index (χ1) is 12.3. The molecule has 0 aliphatic carbocycles. The number of fused-ring (bicyclic) bond motifs is 1. The molecule has 0 aliphatic heterocycles. The first-order valence-corrected chi connectivity index (χ1v) is 9.14. The van der Waals surface area contributed by atoms with Crippen molar-refractivity contribution in [2.24, 2.45) is 0 Å². The van der Waals surface area contributed by atoms with Gasteiger partial charge in [0.1, 0.15) is 6.54 Å². The lowest BCUT2D eigenvalue weighted by Crippen LogP contribution is -2.24. The van der Waals surface area contributed by atoms with E-state index in [9.17, 15) is 18.0 Å². The van der Waals surface area contributed by atoms with Crippen LogP contribution in [-0.2, 0) is 21.4 Å². The third-order valence-electron chi connectivity index (χ3n) is 3.78. The largest absolute Gasteiger partial charge is 0.420 e. The molecule has 1 aromatic heterocycles. The Kier molecular flexibility index (Phi) is 4.66. The molecule has 0 unspecified atom stereocenters. The Balaban J connectivity index is 1.91. The predicted octanol–water partition coefficient (Wildman–Crippen LogP) is 1.48. The first kappa shape index (κ1) is 17.9. The highest BCUT2D eigenvalue weighted by Crippen LogP contribution is 2.20. The van der Waals surface area contributed by atoms with Crippen molar-refractivity contribution in [1.29, 1.82) is 0 Å². The lowest BCUT2D eigenvalue weighted by molar-refractivity contribution is -0.116. The number of hydrogen-bond donors (Lipinski definition) is 1. The van der Waals surface area contributed by atoms with Crippen molar-refractivity contribution in [3.63, 3.8) is 0 Å². The molecule has 1 N–H and O–H groups in total. The van der Waals surface area contributed by atoms with Crippen LogP contribution < -0.4 is 11.1 Å². The van der Waals surface area contributed by atoms with E-state index in [1.807, 2.05) is 6.07 Å². The maximum Gasteiger partial charge on any atom is 0.420 e. The van der Waals surface area contributed by atoms with Gasteiger partial charge in [-0.05, 0) is 24.3 Å². The average Bonchev–Trinajstić information content (AvgIpc) is 2.90. The molecule has 0 bridgehead atoms. The summed E-state index contributed by atoms with van der Waals surface area (Å²) in [5.41, 5.74) is 1.05. The van der Waals surface area contributed by atoms with E-state index in [2.05, 4.69) is 5.32 Å². The van der Waals surface area contributed by atoms with Gasteiger partial charge in [-0.1, -0.05) is 18.2 Å². The van der Waals surface area contributed by atoms with Crippen LogP contribution in [0.25, 0.3) is 11.1 Å². The summed E-state index contributed by atoms with van der Waals surface area (Å²) in [4.78, 5) is 24.3. The minimum Gasteiger partial charge on any atom is -0.408 e. The highest BCUT2D eigenvalue weighted by atomic mass is 32.2. The van der Waals surface area contributed by atoms with E-state index in [0.717, 1.165) is 8.87 Å². The number of rotatable bonds is 5.